The Labute approximate surface area is 220 Å². The van der Waals surface area contributed by atoms with Crippen LogP contribution in [-0.4, -0.2) is 78.5 Å². The van der Waals surface area contributed by atoms with Gasteiger partial charge in [0.05, 0.1) is 18.2 Å². The third-order valence-corrected chi connectivity index (χ3v) is 6.98. The summed E-state index contributed by atoms with van der Waals surface area (Å²) in [6.45, 7) is 5.58. The molecule has 2 aromatic rings. The molecule has 0 radical (unpaired) electrons. The molecule has 8 nitrogen and oxygen atoms in total. The first kappa shape index (κ1) is 26.6. The number of esters is 1. The van der Waals surface area contributed by atoms with Crippen molar-refractivity contribution in [1.29, 1.82) is 0 Å². The highest BCUT2D eigenvalue weighted by Gasteiger charge is 2.39. The van der Waals surface area contributed by atoms with E-state index in [1.54, 1.807) is 61.3 Å². The summed E-state index contributed by atoms with van der Waals surface area (Å²) in [6.07, 6.45) is 0. The van der Waals surface area contributed by atoms with Crippen LogP contribution in [0.4, 0.5) is 9.18 Å². The quantitative estimate of drug-likeness (QED) is 0.576. The molecule has 1 N–H and O–H groups in total. The van der Waals surface area contributed by atoms with Gasteiger partial charge in [0, 0.05) is 61.1 Å². The van der Waals surface area contributed by atoms with E-state index in [9.17, 15) is 18.8 Å². The Balaban J connectivity index is 1.60. The number of piperazine rings is 1. The maximum Gasteiger partial charge on any atom is 0.338 e. The molecule has 2 atom stereocenters. The number of nitrogens with zero attached hydrogens (tertiary/aromatic N) is 3. The van der Waals surface area contributed by atoms with Crippen LogP contribution in [-0.2, 0) is 9.53 Å². The number of halogens is 2. The van der Waals surface area contributed by atoms with Crippen molar-refractivity contribution in [2.24, 2.45) is 0 Å². The Kier molecular flexibility index (Phi) is 8.14. The van der Waals surface area contributed by atoms with E-state index in [-0.39, 0.29) is 36.2 Å². The van der Waals surface area contributed by atoms with Gasteiger partial charge in [-0.05, 0) is 44.2 Å². The van der Waals surface area contributed by atoms with Crippen LogP contribution in [0.2, 0.25) is 5.02 Å². The average molecular weight is 529 g/mol. The monoisotopic (exact) mass is 528 g/mol. The van der Waals surface area contributed by atoms with Crippen molar-refractivity contribution in [2.45, 2.75) is 25.9 Å². The highest BCUT2D eigenvalue weighted by Crippen LogP contribution is 2.33. The zero-order chi connectivity index (χ0) is 26.7. The fourth-order valence-electron chi connectivity index (χ4n) is 4.79. The maximum absolute atomic E-state index is 14.7. The summed E-state index contributed by atoms with van der Waals surface area (Å²) in [5.74, 6) is -1.22. The fourth-order valence-corrected chi connectivity index (χ4v) is 4.91. The second kappa shape index (κ2) is 11.3. The minimum Gasteiger partial charge on any atom is -0.463 e. The molecule has 37 heavy (non-hydrogen) atoms. The first-order valence-electron chi connectivity index (χ1n) is 12.2. The van der Waals surface area contributed by atoms with Crippen molar-refractivity contribution in [3.8, 4) is 0 Å². The minimum absolute atomic E-state index is 0.0796. The molecule has 4 rings (SSSR count). The number of rotatable bonds is 6. The first-order valence-corrected chi connectivity index (χ1v) is 12.6. The Morgan fingerprint density at radius 2 is 1.84 bits per heavy atom. The molecule has 1 saturated heterocycles. The van der Waals surface area contributed by atoms with Crippen molar-refractivity contribution < 1.29 is 23.5 Å². The predicted molar refractivity (Wildman–Crippen MR) is 137 cm³/mol. The third kappa shape index (κ3) is 5.62. The molecule has 3 amide bonds. The summed E-state index contributed by atoms with van der Waals surface area (Å²) in [5.41, 5.74) is 1.39. The topological polar surface area (TPSA) is 82.2 Å². The number of hydrogen-bond donors (Lipinski definition) is 1. The van der Waals surface area contributed by atoms with E-state index < -0.39 is 23.9 Å². The fraction of sp³-hybridized carbons (Fsp3) is 0.370. The second-order valence-corrected chi connectivity index (χ2v) is 9.57. The Bertz CT molecular complexity index is 1220. The maximum atomic E-state index is 14.7. The predicted octanol–water partition coefficient (Wildman–Crippen LogP) is 3.84. The van der Waals surface area contributed by atoms with Gasteiger partial charge in [0.15, 0.2) is 0 Å². The number of amides is 3. The van der Waals surface area contributed by atoms with Crippen molar-refractivity contribution >= 4 is 29.5 Å². The van der Waals surface area contributed by atoms with Crippen LogP contribution >= 0.6 is 11.6 Å². The van der Waals surface area contributed by atoms with Gasteiger partial charge in [0.1, 0.15) is 5.82 Å². The van der Waals surface area contributed by atoms with Crippen molar-refractivity contribution in [3.63, 3.8) is 0 Å². The van der Waals surface area contributed by atoms with Gasteiger partial charge >= 0.3 is 12.0 Å². The van der Waals surface area contributed by atoms with Crippen LogP contribution < -0.4 is 5.32 Å². The number of benzene rings is 2. The number of nitrogens with one attached hydrogen (secondary N) is 1. The van der Waals surface area contributed by atoms with E-state index >= 15 is 0 Å². The number of ether oxygens (including phenoxy) is 1. The van der Waals surface area contributed by atoms with E-state index in [1.807, 2.05) is 6.92 Å². The molecule has 0 aliphatic carbocycles. The lowest BCUT2D eigenvalue weighted by Crippen LogP contribution is -2.56. The lowest BCUT2D eigenvalue weighted by atomic mass is 9.93. The van der Waals surface area contributed by atoms with Gasteiger partial charge < -0.3 is 15.0 Å². The molecule has 10 heteroatoms. The summed E-state index contributed by atoms with van der Waals surface area (Å²) in [6, 6.07) is 11.3. The standard InChI is InChI=1S/C27H30ClFN4O4/c1-4-37-26(35)23-22(31(3)27(36)30-24(23)20-7-5-6-8-21(20)29)16-32-13-14-33(17(2)15-32)25(34)18-9-11-19(28)12-10-18/h5-12,17,24H,4,13-16H2,1-3H3,(H,30,36). The zero-order valence-corrected chi connectivity index (χ0v) is 21.8. The van der Waals surface area contributed by atoms with Crippen molar-refractivity contribution in [2.75, 3.05) is 39.8 Å². The van der Waals surface area contributed by atoms with E-state index in [1.165, 1.54) is 11.0 Å². The smallest absolute Gasteiger partial charge is 0.338 e. The highest BCUT2D eigenvalue weighted by atomic mass is 35.5. The molecule has 2 aliphatic rings. The van der Waals surface area contributed by atoms with Crippen LogP contribution in [0.5, 0.6) is 0 Å². The lowest BCUT2D eigenvalue weighted by Gasteiger charge is -2.42. The molecule has 0 bridgehead atoms. The van der Waals surface area contributed by atoms with Gasteiger partial charge in [-0.25, -0.2) is 14.0 Å². The summed E-state index contributed by atoms with van der Waals surface area (Å²) in [4.78, 5) is 44.3. The van der Waals surface area contributed by atoms with Crippen LogP contribution in [0.15, 0.2) is 59.8 Å². The van der Waals surface area contributed by atoms with Crippen molar-refractivity contribution in [3.05, 3.63) is 81.8 Å². The van der Waals surface area contributed by atoms with Gasteiger partial charge in [-0.1, -0.05) is 29.8 Å². The van der Waals surface area contributed by atoms with E-state index in [0.29, 0.717) is 35.9 Å². The van der Waals surface area contributed by atoms with Gasteiger partial charge in [-0.15, -0.1) is 0 Å². The van der Waals surface area contributed by atoms with Gasteiger partial charge in [0.2, 0.25) is 0 Å². The van der Waals surface area contributed by atoms with Crippen LogP contribution in [0.3, 0.4) is 0 Å². The molecular formula is C27H30ClFN4O4. The summed E-state index contributed by atoms with van der Waals surface area (Å²) in [5, 5.41) is 3.30. The molecule has 2 aromatic carbocycles. The van der Waals surface area contributed by atoms with Crippen LogP contribution in [0.25, 0.3) is 0 Å². The van der Waals surface area contributed by atoms with Gasteiger partial charge in [-0.2, -0.15) is 0 Å². The summed E-state index contributed by atoms with van der Waals surface area (Å²) in [7, 11) is 1.57. The lowest BCUT2D eigenvalue weighted by molar-refractivity contribution is -0.139. The average Bonchev–Trinajstić information content (AvgIpc) is 2.87. The summed E-state index contributed by atoms with van der Waals surface area (Å²) >= 11 is 5.95. The minimum atomic E-state index is -0.982. The van der Waals surface area contributed by atoms with Crippen LogP contribution in [0.1, 0.15) is 35.8 Å². The molecule has 0 aromatic heterocycles. The normalized spacial score (nSPS) is 20.6. The Morgan fingerprint density at radius 3 is 2.49 bits per heavy atom. The van der Waals surface area contributed by atoms with Gasteiger partial charge in [0.25, 0.3) is 5.91 Å². The molecule has 1 fully saturated rings. The Hall–Kier alpha value is -3.43. The molecule has 2 unspecified atom stereocenters. The first-order chi connectivity index (χ1) is 17.7. The van der Waals surface area contributed by atoms with E-state index in [4.69, 9.17) is 16.3 Å². The number of hydrogen-bond acceptors (Lipinski definition) is 5. The molecule has 0 saturated carbocycles. The number of urea groups is 1. The van der Waals surface area contributed by atoms with Crippen LogP contribution in [0, 0.1) is 5.82 Å². The van der Waals surface area contributed by atoms with Crippen molar-refractivity contribution in [1.82, 2.24) is 20.0 Å². The summed E-state index contributed by atoms with van der Waals surface area (Å²) < 4.78 is 20.1. The van der Waals surface area contributed by atoms with E-state index in [2.05, 4.69) is 10.2 Å². The van der Waals surface area contributed by atoms with Gasteiger partial charge in [-0.3, -0.25) is 14.6 Å². The molecule has 196 valence electrons. The largest absolute Gasteiger partial charge is 0.463 e. The highest BCUT2D eigenvalue weighted by molar-refractivity contribution is 6.30. The second-order valence-electron chi connectivity index (χ2n) is 9.13. The third-order valence-electron chi connectivity index (χ3n) is 6.73. The molecule has 2 heterocycles. The molecular weight excluding hydrogens is 499 g/mol. The van der Waals surface area contributed by atoms with E-state index in [0.717, 1.165) is 0 Å². The Morgan fingerprint density at radius 1 is 1.14 bits per heavy atom. The SMILES string of the molecule is CCOC(=O)C1=C(CN2CCN(C(=O)c3ccc(Cl)cc3)C(C)C2)N(C)C(=O)NC1c1ccccc1F. The number of carbonyl (C=O) groups excluding carboxylic acids is 3. The number of likely N-dealkylation sites (N-methyl/N-ethyl adjacent to an activating group) is 1. The zero-order valence-electron chi connectivity index (χ0n) is 21.0. The molecule has 2 aliphatic heterocycles. The number of carbonyl (C=O) groups is 3. The molecule has 0 spiro atoms.